The lowest BCUT2D eigenvalue weighted by atomic mass is 9.85. The second kappa shape index (κ2) is 7.69. The van der Waals surface area contributed by atoms with Crippen molar-refractivity contribution in [3.05, 3.63) is 24.5 Å². The molecule has 6 nitrogen and oxygen atoms in total. The predicted octanol–water partition coefficient (Wildman–Crippen LogP) is 1.94. The third-order valence-electron chi connectivity index (χ3n) is 4.21. The Balaban J connectivity index is 1.94. The van der Waals surface area contributed by atoms with Gasteiger partial charge in [0.1, 0.15) is 4.90 Å². The van der Waals surface area contributed by atoms with Gasteiger partial charge in [-0.05, 0) is 31.4 Å². The van der Waals surface area contributed by atoms with E-state index in [1.54, 1.807) is 0 Å². The molecule has 2 unspecified atom stereocenters. The number of rotatable bonds is 5. The molecule has 1 aliphatic rings. The first kappa shape index (κ1) is 19.6. The number of hydrogen-bond donors (Lipinski definition) is 1. The number of carbonyl (C=O) groups excluding carboxylic acids is 1. The molecule has 0 bridgehead atoms. The molecule has 0 spiro atoms. The molecule has 0 saturated heterocycles. The topological polar surface area (TPSA) is 79.4 Å². The van der Waals surface area contributed by atoms with Gasteiger partial charge in [-0.1, -0.05) is 6.42 Å². The van der Waals surface area contributed by atoms with E-state index in [2.05, 4.69) is 10.3 Å². The van der Waals surface area contributed by atoms with Crippen molar-refractivity contribution in [1.29, 1.82) is 0 Å². The highest BCUT2D eigenvalue weighted by molar-refractivity contribution is 7.89. The zero-order chi connectivity index (χ0) is 18.7. The number of aromatic nitrogens is 1. The van der Waals surface area contributed by atoms with Crippen LogP contribution in [0.3, 0.4) is 0 Å². The van der Waals surface area contributed by atoms with Crippen LogP contribution >= 0.6 is 0 Å². The SMILES string of the molecule is CN(CC(=O)NC1CCCC(C(F)(F)F)C1)S(=O)(=O)c1cccnc1. The number of carbonyl (C=O) groups is 1. The molecule has 1 aliphatic carbocycles. The monoisotopic (exact) mass is 379 g/mol. The Labute approximate surface area is 144 Å². The summed E-state index contributed by atoms with van der Waals surface area (Å²) in [4.78, 5) is 15.7. The maximum atomic E-state index is 12.8. The molecule has 1 saturated carbocycles. The fourth-order valence-electron chi connectivity index (χ4n) is 2.86. The normalized spacial score (nSPS) is 22.0. The molecule has 10 heteroatoms. The van der Waals surface area contributed by atoms with Crippen LogP contribution in [0.25, 0.3) is 0 Å². The molecule has 1 aromatic heterocycles. The smallest absolute Gasteiger partial charge is 0.352 e. The van der Waals surface area contributed by atoms with E-state index in [4.69, 9.17) is 0 Å². The summed E-state index contributed by atoms with van der Waals surface area (Å²) in [6.45, 7) is -0.468. The fourth-order valence-corrected chi connectivity index (χ4v) is 3.95. The Hall–Kier alpha value is -1.68. The fraction of sp³-hybridized carbons (Fsp3) is 0.600. The summed E-state index contributed by atoms with van der Waals surface area (Å²) in [6.07, 6.45) is -0.968. The van der Waals surface area contributed by atoms with Crippen LogP contribution in [0, 0.1) is 5.92 Å². The van der Waals surface area contributed by atoms with Gasteiger partial charge in [-0.25, -0.2) is 8.42 Å². The number of nitrogens with one attached hydrogen (secondary N) is 1. The molecule has 1 amide bonds. The largest absolute Gasteiger partial charge is 0.391 e. The molecule has 0 aromatic carbocycles. The van der Waals surface area contributed by atoms with Gasteiger partial charge in [0, 0.05) is 25.5 Å². The summed E-state index contributed by atoms with van der Waals surface area (Å²) in [5.41, 5.74) is 0. The van der Waals surface area contributed by atoms with E-state index in [-0.39, 0.29) is 17.7 Å². The average Bonchev–Trinajstić information content (AvgIpc) is 2.55. The van der Waals surface area contributed by atoms with Crippen LogP contribution in [0.2, 0.25) is 0 Å². The van der Waals surface area contributed by atoms with Gasteiger partial charge in [0.15, 0.2) is 0 Å². The summed E-state index contributed by atoms with van der Waals surface area (Å²) < 4.78 is 63.9. The average molecular weight is 379 g/mol. The number of halogens is 3. The van der Waals surface area contributed by atoms with Crippen LogP contribution in [-0.2, 0) is 14.8 Å². The van der Waals surface area contributed by atoms with Gasteiger partial charge >= 0.3 is 6.18 Å². The minimum absolute atomic E-state index is 0.0555. The van der Waals surface area contributed by atoms with Crippen molar-refractivity contribution in [2.75, 3.05) is 13.6 Å². The predicted molar refractivity (Wildman–Crippen MR) is 84.0 cm³/mol. The molecule has 0 radical (unpaired) electrons. The van der Waals surface area contributed by atoms with Crippen molar-refractivity contribution >= 4 is 15.9 Å². The first-order chi connectivity index (χ1) is 11.6. The summed E-state index contributed by atoms with van der Waals surface area (Å²) in [5, 5.41) is 2.51. The van der Waals surface area contributed by atoms with E-state index in [9.17, 15) is 26.4 Å². The summed E-state index contributed by atoms with van der Waals surface area (Å²) in [7, 11) is -2.64. The Morgan fingerprint density at radius 3 is 2.72 bits per heavy atom. The first-order valence-electron chi connectivity index (χ1n) is 7.83. The van der Waals surface area contributed by atoms with Crippen LogP contribution in [0.1, 0.15) is 25.7 Å². The molecule has 2 rings (SSSR count). The molecule has 140 valence electrons. The number of sulfonamides is 1. The first-order valence-corrected chi connectivity index (χ1v) is 9.27. The third-order valence-corrected chi connectivity index (χ3v) is 6.00. The second-order valence-corrected chi connectivity index (χ2v) is 8.16. The number of hydrogen-bond acceptors (Lipinski definition) is 4. The molecule has 25 heavy (non-hydrogen) atoms. The number of pyridine rings is 1. The van der Waals surface area contributed by atoms with E-state index in [0.717, 1.165) is 4.31 Å². The van der Waals surface area contributed by atoms with Crippen molar-refractivity contribution < 1.29 is 26.4 Å². The molecule has 1 aromatic rings. The van der Waals surface area contributed by atoms with Gasteiger partial charge in [0.25, 0.3) is 0 Å². The number of likely N-dealkylation sites (N-methyl/N-ethyl adjacent to an activating group) is 1. The quantitative estimate of drug-likeness (QED) is 0.848. The lowest BCUT2D eigenvalue weighted by Crippen LogP contribution is -2.45. The summed E-state index contributed by atoms with van der Waals surface area (Å²) in [6, 6.07) is 2.22. The number of alkyl halides is 3. The minimum Gasteiger partial charge on any atom is -0.352 e. The Morgan fingerprint density at radius 2 is 2.12 bits per heavy atom. The highest BCUT2D eigenvalue weighted by atomic mass is 32.2. The van der Waals surface area contributed by atoms with E-state index in [1.807, 2.05) is 0 Å². The molecular formula is C15H20F3N3O3S. The van der Waals surface area contributed by atoms with E-state index in [0.29, 0.717) is 12.8 Å². The zero-order valence-corrected chi connectivity index (χ0v) is 14.5. The molecule has 1 heterocycles. The molecular weight excluding hydrogens is 359 g/mol. The van der Waals surface area contributed by atoms with Crippen LogP contribution in [0.4, 0.5) is 13.2 Å². The van der Waals surface area contributed by atoms with E-state index >= 15 is 0 Å². The van der Waals surface area contributed by atoms with Gasteiger partial charge in [-0.3, -0.25) is 9.78 Å². The molecule has 1 fully saturated rings. The zero-order valence-electron chi connectivity index (χ0n) is 13.7. The van der Waals surface area contributed by atoms with Crippen molar-refractivity contribution in [2.45, 2.75) is 42.8 Å². The number of nitrogens with zero attached hydrogens (tertiary/aromatic N) is 2. The summed E-state index contributed by atoms with van der Waals surface area (Å²) >= 11 is 0. The maximum Gasteiger partial charge on any atom is 0.391 e. The van der Waals surface area contributed by atoms with Crippen molar-refractivity contribution in [1.82, 2.24) is 14.6 Å². The van der Waals surface area contributed by atoms with Gasteiger partial charge < -0.3 is 5.32 Å². The van der Waals surface area contributed by atoms with Crippen LogP contribution in [0.5, 0.6) is 0 Å². The van der Waals surface area contributed by atoms with Gasteiger partial charge in [-0.15, -0.1) is 0 Å². The minimum atomic E-state index is -4.27. The highest BCUT2D eigenvalue weighted by Gasteiger charge is 2.42. The lowest BCUT2D eigenvalue weighted by molar-refractivity contribution is -0.184. The van der Waals surface area contributed by atoms with Crippen molar-refractivity contribution in [2.24, 2.45) is 5.92 Å². The van der Waals surface area contributed by atoms with Gasteiger partial charge in [0.2, 0.25) is 15.9 Å². The lowest BCUT2D eigenvalue weighted by Gasteiger charge is -2.31. The Kier molecular flexibility index (Phi) is 6.04. The summed E-state index contributed by atoms with van der Waals surface area (Å²) in [5.74, 6) is -2.05. The van der Waals surface area contributed by atoms with Crippen LogP contribution in [-0.4, -0.2) is 49.4 Å². The number of amides is 1. The third kappa shape index (κ3) is 5.15. The highest BCUT2D eigenvalue weighted by Crippen LogP contribution is 2.37. The molecule has 0 aliphatic heterocycles. The van der Waals surface area contributed by atoms with Crippen LogP contribution in [0.15, 0.2) is 29.4 Å². The van der Waals surface area contributed by atoms with Gasteiger partial charge in [-0.2, -0.15) is 17.5 Å². The Morgan fingerprint density at radius 1 is 1.40 bits per heavy atom. The van der Waals surface area contributed by atoms with Crippen molar-refractivity contribution in [3.8, 4) is 0 Å². The maximum absolute atomic E-state index is 12.8. The van der Waals surface area contributed by atoms with Crippen LogP contribution < -0.4 is 5.32 Å². The molecule has 2 atom stereocenters. The van der Waals surface area contributed by atoms with E-state index in [1.165, 1.54) is 31.6 Å². The van der Waals surface area contributed by atoms with Gasteiger partial charge in [0.05, 0.1) is 12.5 Å². The molecule has 1 N–H and O–H groups in total. The Bertz CT molecular complexity index is 695. The second-order valence-electron chi connectivity index (χ2n) is 6.12. The van der Waals surface area contributed by atoms with Crippen molar-refractivity contribution in [3.63, 3.8) is 0 Å². The van der Waals surface area contributed by atoms with E-state index < -0.39 is 40.6 Å². The standard InChI is InChI=1S/C15H20F3N3O3S/c1-21(25(23,24)13-6-3-7-19-9-13)10-14(22)20-12-5-2-4-11(8-12)15(16,17)18/h3,6-7,9,11-12H,2,4-5,8,10H2,1H3,(H,20,22).